The van der Waals surface area contributed by atoms with E-state index in [1.165, 1.54) is 16.7 Å². The maximum atomic E-state index is 13.7. The summed E-state index contributed by atoms with van der Waals surface area (Å²) < 4.78 is 16.3. The van der Waals surface area contributed by atoms with Gasteiger partial charge in [-0.3, -0.25) is 4.79 Å². The molecule has 2 unspecified atom stereocenters. The molecular weight excluding hydrogens is 617 g/mol. The Bertz CT molecular complexity index is 1590. The number of unbranched alkanes of at least 4 members (excludes halogenated alkanes) is 1. The Morgan fingerprint density at radius 3 is 2.31 bits per heavy atom. The van der Waals surface area contributed by atoms with Gasteiger partial charge in [0, 0.05) is 0 Å². The van der Waals surface area contributed by atoms with Gasteiger partial charge in [0.1, 0.15) is 3.92 Å². The van der Waals surface area contributed by atoms with Crippen LogP contribution in [0.15, 0.2) is 59.5 Å². The second-order valence-corrected chi connectivity index (χ2v) is 12.7. The van der Waals surface area contributed by atoms with Gasteiger partial charge >= 0.3 is 5.97 Å². The van der Waals surface area contributed by atoms with Gasteiger partial charge in [-0.25, -0.2) is 4.21 Å². The lowest BCUT2D eigenvalue weighted by molar-refractivity contribution is -0.136. The van der Waals surface area contributed by atoms with Gasteiger partial charge in [-0.05, 0) is 114 Å². The number of aryl methyl sites for hydroxylation is 1. The molecule has 39 heavy (non-hydrogen) atoms. The van der Waals surface area contributed by atoms with Crippen molar-refractivity contribution in [3.8, 4) is 11.1 Å². The van der Waals surface area contributed by atoms with Gasteiger partial charge in [-0.1, -0.05) is 84.5 Å². The van der Waals surface area contributed by atoms with E-state index in [4.69, 9.17) is 0 Å². The number of halogens is 1. The number of aliphatic carboxylic acids is 1. The number of anilines is 1. The number of benzene rings is 4. The van der Waals surface area contributed by atoms with Gasteiger partial charge in [0.05, 0.1) is 10.6 Å². The minimum absolute atomic E-state index is 0.703. The summed E-state index contributed by atoms with van der Waals surface area (Å²) in [7, 11) is -1.54. The first-order chi connectivity index (χ1) is 18.6. The van der Waals surface area contributed by atoms with E-state index in [0.29, 0.717) is 4.90 Å². The van der Waals surface area contributed by atoms with E-state index in [9.17, 15) is 14.1 Å². The molecule has 2 N–H and O–H groups in total. The molecule has 0 heterocycles. The Morgan fingerprint density at radius 1 is 0.923 bits per heavy atom. The lowest BCUT2D eigenvalue weighted by atomic mass is 9.82. The maximum Gasteiger partial charge on any atom is 0.321 e. The number of hydrogen-bond acceptors (Lipinski definition) is 2. The molecule has 204 valence electrons. The van der Waals surface area contributed by atoms with E-state index in [1.807, 2.05) is 78.9 Å². The fourth-order valence-corrected chi connectivity index (χ4v) is 7.50. The van der Waals surface area contributed by atoms with Crippen LogP contribution in [-0.4, -0.2) is 15.3 Å². The molecule has 0 aliphatic rings. The van der Waals surface area contributed by atoms with E-state index >= 15 is 0 Å². The van der Waals surface area contributed by atoms with E-state index in [2.05, 4.69) is 44.5 Å². The molecule has 4 rings (SSSR count). The van der Waals surface area contributed by atoms with Gasteiger partial charge < -0.3 is 9.83 Å². The van der Waals surface area contributed by atoms with E-state index < -0.39 is 20.9 Å². The number of carboxylic acids is 1. The minimum Gasteiger partial charge on any atom is -0.480 e. The molecule has 0 amide bonds. The molecule has 0 aromatic heterocycles. The van der Waals surface area contributed by atoms with Crippen molar-refractivity contribution in [1.82, 2.24) is 0 Å². The highest BCUT2D eigenvalue weighted by atomic mass is 127. The largest absolute Gasteiger partial charge is 0.480 e. The Balaban J connectivity index is 1.92. The summed E-state index contributed by atoms with van der Waals surface area (Å²) in [6.45, 7) is 12.5. The van der Waals surface area contributed by atoms with Crippen molar-refractivity contribution < 1.29 is 14.1 Å². The van der Waals surface area contributed by atoms with Crippen molar-refractivity contribution in [1.29, 1.82) is 0 Å². The predicted molar refractivity (Wildman–Crippen MR) is 173 cm³/mol. The van der Waals surface area contributed by atoms with Crippen molar-refractivity contribution in [2.24, 2.45) is 0 Å². The lowest BCUT2D eigenvalue weighted by Crippen LogP contribution is -2.15. The highest BCUT2D eigenvalue weighted by molar-refractivity contribution is 14.1. The van der Waals surface area contributed by atoms with Crippen LogP contribution in [0.3, 0.4) is 0 Å². The van der Waals surface area contributed by atoms with E-state index in [1.54, 1.807) is 0 Å². The van der Waals surface area contributed by atoms with Crippen molar-refractivity contribution >= 4 is 56.0 Å². The second-order valence-electron chi connectivity index (χ2n) is 10.2. The van der Waals surface area contributed by atoms with Gasteiger partial charge in [0.25, 0.3) is 0 Å². The van der Waals surface area contributed by atoms with Gasteiger partial charge in [-0.15, -0.1) is 0 Å². The van der Waals surface area contributed by atoms with Gasteiger partial charge in [-0.2, -0.15) is 0 Å². The SMILES string of the molecule is CCCCc1c(C)ccc(-c2c(C)c(C)c(NS(=O)c3cccc4ccccc34)c(C)c2C(I)C(=O)O)c1C. The highest BCUT2D eigenvalue weighted by Gasteiger charge is 2.29. The van der Waals surface area contributed by atoms with Crippen molar-refractivity contribution in [2.75, 3.05) is 4.72 Å². The zero-order chi connectivity index (χ0) is 28.4. The monoisotopic (exact) mass is 653 g/mol. The van der Waals surface area contributed by atoms with Crippen LogP contribution >= 0.6 is 22.6 Å². The third-order valence-corrected chi connectivity index (χ3v) is 10.2. The summed E-state index contributed by atoms with van der Waals surface area (Å²) in [5.41, 5.74) is 10.2. The first kappa shape index (κ1) is 29.3. The number of fused-ring (bicyclic) bond motifs is 1. The molecule has 4 nitrogen and oxygen atoms in total. The molecule has 4 aromatic carbocycles. The average Bonchev–Trinajstić information content (AvgIpc) is 2.92. The average molecular weight is 654 g/mol. The zero-order valence-corrected chi connectivity index (χ0v) is 26.4. The van der Waals surface area contributed by atoms with Crippen molar-refractivity contribution in [3.63, 3.8) is 0 Å². The maximum absolute atomic E-state index is 13.7. The molecule has 6 heteroatoms. The van der Waals surface area contributed by atoms with E-state index in [0.717, 1.165) is 69.1 Å². The van der Waals surface area contributed by atoms with Crippen LogP contribution in [0.1, 0.15) is 62.6 Å². The predicted octanol–water partition coefficient (Wildman–Crippen LogP) is 9.09. The molecule has 0 spiro atoms. The summed E-state index contributed by atoms with van der Waals surface area (Å²) >= 11 is 2.02. The normalized spacial score (nSPS) is 12.9. The summed E-state index contributed by atoms with van der Waals surface area (Å²) in [5, 5.41) is 12.1. The summed E-state index contributed by atoms with van der Waals surface area (Å²) in [4.78, 5) is 13.1. The minimum atomic E-state index is -1.54. The molecule has 0 saturated heterocycles. The van der Waals surface area contributed by atoms with Crippen LogP contribution in [-0.2, 0) is 22.2 Å². The Hall–Kier alpha value is -2.71. The van der Waals surface area contributed by atoms with Crippen LogP contribution < -0.4 is 4.72 Å². The fourth-order valence-electron chi connectivity index (χ4n) is 5.53. The molecular formula is C33H36INO3S. The van der Waals surface area contributed by atoms with Crippen LogP contribution in [0.5, 0.6) is 0 Å². The number of carboxylic acid groups (broad SMARTS) is 1. The summed E-state index contributed by atoms with van der Waals surface area (Å²) in [6, 6.07) is 18.0. The number of carbonyl (C=O) groups is 1. The lowest BCUT2D eigenvalue weighted by Gasteiger charge is -2.26. The highest BCUT2D eigenvalue weighted by Crippen LogP contribution is 2.45. The topological polar surface area (TPSA) is 66.4 Å². The van der Waals surface area contributed by atoms with Crippen molar-refractivity contribution in [3.05, 3.63) is 93.5 Å². The number of nitrogens with one attached hydrogen (secondary N) is 1. The second kappa shape index (κ2) is 12.2. The smallest absolute Gasteiger partial charge is 0.321 e. The quantitative estimate of drug-likeness (QED) is 0.140. The number of hydrogen-bond donors (Lipinski definition) is 2. The third-order valence-electron chi connectivity index (χ3n) is 7.86. The molecule has 2 atom stereocenters. The van der Waals surface area contributed by atoms with Crippen LogP contribution in [0.4, 0.5) is 5.69 Å². The summed E-state index contributed by atoms with van der Waals surface area (Å²) in [6.07, 6.45) is 3.24. The Morgan fingerprint density at radius 2 is 1.62 bits per heavy atom. The van der Waals surface area contributed by atoms with Crippen LogP contribution in [0, 0.1) is 34.6 Å². The van der Waals surface area contributed by atoms with Gasteiger partial charge in [0.2, 0.25) is 0 Å². The molecule has 0 fully saturated rings. The first-order valence-corrected chi connectivity index (χ1v) is 15.7. The summed E-state index contributed by atoms with van der Waals surface area (Å²) in [5.74, 6) is -0.889. The number of rotatable bonds is 9. The fraction of sp³-hybridized carbons (Fsp3) is 0.303. The molecule has 0 aliphatic heterocycles. The standard InChI is InChI=1S/C33H36INO3S/c1-7-8-14-25-19(2)17-18-26(22(25)5)29-20(3)21(4)32(23(6)30(29)31(34)33(36)37)35-39(38)28-16-11-13-24-12-9-10-15-27(24)28/h9-13,15-18,31,35H,7-8,14H2,1-6H3,(H,36,37). The third kappa shape index (κ3) is 5.64. The van der Waals surface area contributed by atoms with Crippen LogP contribution in [0.2, 0.25) is 0 Å². The first-order valence-electron chi connectivity index (χ1n) is 13.3. The zero-order valence-electron chi connectivity index (χ0n) is 23.4. The Kier molecular flexibility index (Phi) is 9.17. The molecule has 4 aromatic rings. The number of alkyl halides is 1. The molecule has 0 bridgehead atoms. The van der Waals surface area contributed by atoms with Gasteiger partial charge in [0.15, 0.2) is 11.0 Å². The molecule has 0 radical (unpaired) electrons. The van der Waals surface area contributed by atoms with Crippen LogP contribution in [0.25, 0.3) is 21.9 Å². The van der Waals surface area contributed by atoms with Crippen molar-refractivity contribution in [2.45, 2.75) is 69.6 Å². The Labute approximate surface area is 248 Å². The molecule has 0 saturated carbocycles. The molecule has 0 aliphatic carbocycles. The van der Waals surface area contributed by atoms with E-state index in [-0.39, 0.29) is 0 Å².